The van der Waals surface area contributed by atoms with E-state index in [4.69, 9.17) is 4.98 Å². The standard InChI is InChI=1S/C18H18N2OS2/c1-3-13-4-6-14(7-5-13)18-20-16(11-22-18)17-9-8-15(23-17)10-19-12(2)21/h4-9,11H,3,10H2,1-2H3,(H,19,21). The van der Waals surface area contributed by atoms with Gasteiger partial charge in [-0.2, -0.15) is 0 Å². The molecule has 1 N–H and O–H groups in total. The highest BCUT2D eigenvalue weighted by Crippen LogP contribution is 2.32. The van der Waals surface area contributed by atoms with Gasteiger partial charge in [-0.25, -0.2) is 4.98 Å². The van der Waals surface area contributed by atoms with E-state index < -0.39 is 0 Å². The fourth-order valence-corrected chi connectivity index (χ4v) is 4.03. The predicted molar refractivity (Wildman–Crippen MR) is 97.8 cm³/mol. The highest BCUT2D eigenvalue weighted by atomic mass is 32.1. The molecule has 118 valence electrons. The minimum absolute atomic E-state index is 0.00794. The number of benzene rings is 1. The van der Waals surface area contributed by atoms with Crippen molar-refractivity contribution < 1.29 is 4.79 Å². The number of aromatic nitrogens is 1. The molecule has 3 aromatic rings. The van der Waals surface area contributed by atoms with Gasteiger partial charge in [0.1, 0.15) is 5.01 Å². The number of carbonyl (C=O) groups is 1. The van der Waals surface area contributed by atoms with Crippen LogP contribution in [0.3, 0.4) is 0 Å². The molecule has 0 radical (unpaired) electrons. The van der Waals surface area contributed by atoms with Crippen LogP contribution in [0.1, 0.15) is 24.3 Å². The van der Waals surface area contributed by atoms with Crippen LogP contribution in [0, 0.1) is 0 Å². The zero-order chi connectivity index (χ0) is 16.2. The lowest BCUT2D eigenvalue weighted by Gasteiger charge is -1.99. The molecule has 0 unspecified atom stereocenters. The molecule has 0 saturated carbocycles. The maximum atomic E-state index is 11.0. The molecular weight excluding hydrogens is 324 g/mol. The normalized spacial score (nSPS) is 10.7. The van der Waals surface area contributed by atoms with E-state index in [0.717, 1.165) is 32.4 Å². The Kier molecular flexibility index (Phi) is 4.88. The minimum atomic E-state index is -0.00794. The summed E-state index contributed by atoms with van der Waals surface area (Å²) in [7, 11) is 0. The summed E-state index contributed by atoms with van der Waals surface area (Å²) in [6.45, 7) is 4.27. The third-order valence-electron chi connectivity index (χ3n) is 3.54. The highest BCUT2D eigenvalue weighted by molar-refractivity contribution is 7.16. The second-order valence-electron chi connectivity index (χ2n) is 5.26. The third-order valence-corrected chi connectivity index (χ3v) is 5.54. The number of nitrogens with zero attached hydrogens (tertiary/aromatic N) is 1. The van der Waals surface area contributed by atoms with Gasteiger partial charge in [-0.15, -0.1) is 22.7 Å². The van der Waals surface area contributed by atoms with E-state index in [1.807, 2.05) is 6.07 Å². The van der Waals surface area contributed by atoms with Gasteiger partial charge in [-0.1, -0.05) is 31.2 Å². The Hall–Kier alpha value is -1.98. The minimum Gasteiger partial charge on any atom is -0.351 e. The Labute approximate surface area is 144 Å². The summed E-state index contributed by atoms with van der Waals surface area (Å²) >= 11 is 3.34. The lowest BCUT2D eigenvalue weighted by Crippen LogP contribution is -2.17. The van der Waals surface area contributed by atoms with Crippen LogP contribution in [0.15, 0.2) is 41.8 Å². The predicted octanol–water partition coefficient (Wildman–Crippen LogP) is 4.74. The first-order chi connectivity index (χ1) is 11.2. The highest BCUT2D eigenvalue weighted by Gasteiger charge is 2.09. The van der Waals surface area contributed by atoms with Gasteiger partial charge in [-0.3, -0.25) is 4.79 Å². The first-order valence-corrected chi connectivity index (χ1v) is 9.23. The molecule has 2 heterocycles. The molecule has 0 aliphatic rings. The van der Waals surface area contributed by atoms with E-state index >= 15 is 0 Å². The second-order valence-corrected chi connectivity index (χ2v) is 7.29. The van der Waals surface area contributed by atoms with Crippen LogP contribution in [-0.2, 0) is 17.8 Å². The van der Waals surface area contributed by atoms with Crippen LogP contribution in [0.4, 0.5) is 0 Å². The Morgan fingerprint density at radius 3 is 2.65 bits per heavy atom. The number of thiophene rings is 1. The Balaban J connectivity index is 1.77. The number of aryl methyl sites for hydroxylation is 1. The monoisotopic (exact) mass is 342 g/mol. The molecule has 3 rings (SSSR count). The summed E-state index contributed by atoms with van der Waals surface area (Å²) < 4.78 is 0. The molecule has 0 fully saturated rings. The molecule has 1 amide bonds. The molecule has 0 aliphatic carbocycles. The van der Waals surface area contributed by atoms with Gasteiger partial charge in [0.05, 0.1) is 17.1 Å². The van der Waals surface area contributed by atoms with E-state index in [1.54, 1.807) is 22.7 Å². The van der Waals surface area contributed by atoms with Crippen molar-refractivity contribution in [1.29, 1.82) is 0 Å². The van der Waals surface area contributed by atoms with Crippen molar-refractivity contribution in [3.05, 3.63) is 52.2 Å². The lowest BCUT2D eigenvalue weighted by molar-refractivity contribution is -0.119. The fourth-order valence-electron chi connectivity index (χ4n) is 2.22. The van der Waals surface area contributed by atoms with Gasteiger partial charge in [0, 0.05) is 22.7 Å². The molecule has 3 nitrogen and oxygen atoms in total. The molecule has 2 aromatic heterocycles. The van der Waals surface area contributed by atoms with E-state index in [1.165, 1.54) is 12.5 Å². The third kappa shape index (κ3) is 3.86. The molecule has 1 aromatic carbocycles. The number of thiazole rings is 1. The van der Waals surface area contributed by atoms with E-state index in [9.17, 15) is 4.79 Å². The van der Waals surface area contributed by atoms with Crippen LogP contribution in [0.5, 0.6) is 0 Å². The average Bonchev–Trinajstić information content (AvgIpc) is 3.22. The molecular formula is C18H18N2OS2. The SMILES string of the molecule is CCc1ccc(-c2nc(-c3ccc(CNC(C)=O)s3)cs2)cc1. The molecule has 23 heavy (non-hydrogen) atoms. The van der Waals surface area contributed by atoms with Crippen molar-refractivity contribution in [1.82, 2.24) is 10.3 Å². The zero-order valence-electron chi connectivity index (χ0n) is 13.1. The summed E-state index contributed by atoms with van der Waals surface area (Å²) in [6.07, 6.45) is 1.05. The molecule has 5 heteroatoms. The maximum absolute atomic E-state index is 11.0. The van der Waals surface area contributed by atoms with Crippen molar-refractivity contribution in [2.24, 2.45) is 0 Å². The lowest BCUT2D eigenvalue weighted by atomic mass is 10.1. The number of rotatable bonds is 5. The van der Waals surface area contributed by atoms with Crippen molar-refractivity contribution in [2.75, 3.05) is 0 Å². The number of carbonyl (C=O) groups excluding carboxylic acids is 1. The largest absolute Gasteiger partial charge is 0.351 e. The van der Waals surface area contributed by atoms with Crippen molar-refractivity contribution >= 4 is 28.6 Å². The first kappa shape index (κ1) is 15.9. The average molecular weight is 342 g/mol. The van der Waals surface area contributed by atoms with Gasteiger partial charge < -0.3 is 5.32 Å². The molecule has 0 aliphatic heterocycles. The fraction of sp³-hybridized carbons (Fsp3) is 0.222. The topological polar surface area (TPSA) is 42.0 Å². The van der Waals surface area contributed by atoms with Gasteiger partial charge in [0.25, 0.3) is 0 Å². The number of hydrogen-bond donors (Lipinski definition) is 1. The zero-order valence-corrected chi connectivity index (χ0v) is 14.8. The van der Waals surface area contributed by atoms with Gasteiger partial charge in [0.2, 0.25) is 5.91 Å². The molecule has 0 atom stereocenters. The van der Waals surface area contributed by atoms with Gasteiger partial charge in [0.15, 0.2) is 0 Å². The summed E-state index contributed by atoms with van der Waals surface area (Å²) in [5.74, 6) is -0.00794. The smallest absolute Gasteiger partial charge is 0.217 e. The van der Waals surface area contributed by atoms with Crippen LogP contribution >= 0.6 is 22.7 Å². The summed E-state index contributed by atoms with van der Waals surface area (Å²) in [5, 5.41) is 5.96. The van der Waals surface area contributed by atoms with Gasteiger partial charge >= 0.3 is 0 Å². The Morgan fingerprint density at radius 1 is 1.17 bits per heavy atom. The van der Waals surface area contributed by atoms with Crippen LogP contribution < -0.4 is 5.32 Å². The van der Waals surface area contributed by atoms with Crippen molar-refractivity contribution in [3.63, 3.8) is 0 Å². The maximum Gasteiger partial charge on any atom is 0.217 e. The van der Waals surface area contributed by atoms with E-state index in [0.29, 0.717) is 6.54 Å². The first-order valence-electron chi connectivity index (χ1n) is 7.54. The molecule has 0 bridgehead atoms. The number of hydrogen-bond acceptors (Lipinski definition) is 4. The summed E-state index contributed by atoms with van der Waals surface area (Å²) in [6, 6.07) is 12.7. The van der Waals surface area contributed by atoms with Crippen LogP contribution in [0.2, 0.25) is 0 Å². The van der Waals surface area contributed by atoms with Crippen LogP contribution in [-0.4, -0.2) is 10.9 Å². The summed E-state index contributed by atoms with van der Waals surface area (Å²) in [5.41, 5.74) is 3.50. The Morgan fingerprint density at radius 2 is 1.96 bits per heavy atom. The summed E-state index contributed by atoms with van der Waals surface area (Å²) in [4.78, 5) is 18.0. The molecule has 0 spiro atoms. The van der Waals surface area contributed by atoms with Crippen molar-refractivity contribution in [2.45, 2.75) is 26.8 Å². The molecule has 0 saturated heterocycles. The Bertz CT molecular complexity index is 803. The van der Waals surface area contributed by atoms with Crippen molar-refractivity contribution in [3.8, 4) is 21.1 Å². The van der Waals surface area contributed by atoms with Crippen LogP contribution in [0.25, 0.3) is 21.1 Å². The number of nitrogens with one attached hydrogen (secondary N) is 1. The number of amides is 1. The van der Waals surface area contributed by atoms with E-state index in [-0.39, 0.29) is 5.91 Å². The second kappa shape index (κ2) is 7.06. The van der Waals surface area contributed by atoms with E-state index in [2.05, 4.69) is 48.0 Å². The van der Waals surface area contributed by atoms with Gasteiger partial charge in [-0.05, 0) is 24.1 Å². The quantitative estimate of drug-likeness (QED) is 0.728.